The molecule has 9 heteroatoms. The Bertz CT molecular complexity index is 1170. The summed E-state index contributed by atoms with van der Waals surface area (Å²) in [6, 6.07) is 11.8. The number of carbonyl (C=O) groups is 1. The smallest absolute Gasteiger partial charge is 0.256 e. The van der Waals surface area contributed by atoms with Crippen LogP contribution in [-0.2, 0) is 9.84 Å². The van der Waals surface area contributed by atoms with Gasteiger partial charge < -0.3 is 15.1 Å². The van der Waals surface area contributed by atoms with Crippen molar-refractivity contribution in [3.63, 3.8) is 0 Å². The molecule has 1 aromatic heterocycles. The van der Waals surface area contributed by atoms with Crippen LogP contribution < -0.4 is 10.2 Å². The molecule has 3 aromatic rings. The number of hydrogen-bond acceptors (Lipinski definition) is 7. The molecule has 0 unspecified atom stereocenters. The lowest BCUT2D eigenvalue weighted by atomic mass is 10.2. The van der Waals surface area contributed by atoms with Crippen LogP contribution in [0.5, 0.6) is 0 Å². The first-order chi connectivity index (χ1) is 13.8. The number of thiazole rings is 1. The number of benzene rings is 2. The summed E-state index contributed by atoms with van der Waals surface area (Å²) in [7, 11) is -1.38. The first-order valence-corrected chi connectivity index (χ1v) is 12.0. The van der Waals surface area contributed by atoms with Crippen LogP contribution in [0, 0.1) is 0 Å². The molecule has 0 spiro atoms. The average Bonchev–Trinajstić information content (AvgIpc) is 3.11. The topological polar surface area (TPSA) is 82.6 Å². The van der Waals surface area contributed by atoms with Gasteiger partial charge in [0, 0.05) is 38.1 Å². The number of rotatable bonds is 4. The molecule has 2 heterocycles. The van der Waals surface area contributed by atoms with E-state index in [-0.39, 0.29) is 10.5 Å². The van der Waals surface area contributed by atoms with Crippen LogP contribution in [0.1, 0.15) is 10.4 Å². The highest BCUT2D eigenvalue weighted by atomic mass is 32.2. The van der Waals surface area contributed by atoms with E-state index in [2.05, 4.69) is 22.2 Å². The van der Waals surface area contributed by atoms with Crippen LogP contribution in [0.2, 0.25) is 0 Å². The minimum Gasteiger partial charge on any atom is -0.345 e. The van der Waals surface area contributed by atoms with E-state index >= 15 is 0 Å². The minimum absolute atomic E-state index is 0.0220. The highest BCUT2D eigenvalue weighted by Gasteiger charge is 2.20. The number of fused-ring (bicyclic) bond motifs is 1. The first kappa shape index (κ1) is 19.8. The third-order valence-electron chi connectivity index (χ3n) is 4.94. The van der Waals surface area contributed by atoms with Crippen molar-refractivity contribution in [2.45, 2.75) is 4.90 Å². The Morgan fingerprint density at radius 1 is 1.10 bits per heavy atom. The lowest BCUT2D eigenvalue weighted by Gasteiger charge is -2.31. The minimum atomic E-state index is -3.50. The second kappa shape index (κ2) is 7.74. The maximum Gasteiger partial charge on any atom is 0.256 e. The molecule has 4 rings (SSSR count). The van der Waals surface area contributed by atoms with Crippen LogP contribution in [0.3, 0.4) is 0 Å². The monoisotopic (exact) mass is 430 g/mol. The van der Waals surface area contributed by atoms with Crippen LogP contribution in [0.15, 0.2) is 47.4 Å². The third kappa shape index (κ3) is 4.26. The number of anilines is 2. The van der Waals surface area contributed by atoms with Gasteiger partial charge >= 0.3 is 0 Å². The molecule has 0 radical (unpaired) electrons. The lowest BCUT2D eigenvalue weighted by Crippen LogP contribution is -2.44. The molecule has 0 atom stereocenters. The average molecular weight is 431 g/mol. The molecule has 7 nitrogen and oxygen atoms in total. The number of nitrogens with zero attached hydrogens (tertiary/aromatic N) is 3. The second-order valence-electron chi connectivity index (χ2n) is 7.19. The Hall–Kier alpha value is -2.49. The molecular formula is C20H22N4O3S2. The van der Waals surface area contributed by atoms with Crippen LogP contribution >= 0.6 is 11.3 Å². The van der Waals surface area contributed by atoms with Gasteiger partial charge in [-0.1, -0.05) is 23.5 Å². The third-order valence-corrected chi connectivity index (χ3v) is 7.17. The van der Waals surface area contributed by atoms with E-state index in [1.807, 2.05) is 12.1 Å². The van der Waals surface area contributed by atoms with Crippen molar-refractivity contribution >= 4 is 48.1 Å². The SMILES string of the molecule is CN1CCN(c2nc3ccc(NC(=O)c4ccccc4S(C)(=O)=O)cc3s2)CC1. The first-order valence-electron chi connectivity index (χ1n) is 9.26. The normalized spacial score (nSPS) is 15.6. The van der Waals surface area contributed by atoms with Crippen LogP contribution in [0.25, 0.3) is 10.2 Å². The molecule has 0 saturated carbocycles. The van der Waals surface area contributed by atoms with Gasteiger partial charge in [0.1, 0.15) is 0 Å². The Balaban J connectivity index is 1.57. The van der Waals surface area contributed by atoms with E-state index in [0.29, 0.717) is 5.69 Å². The molecular weight excluding hydrogens is 408 g/mol. The van der Waals surface area contributed by atoms with Gasteiger partial charge in [0.15, 0.2) is 15.0 Å². The van der Waals surface area contributed by atoms with E-state index in [1.54, 1.807) is 29.5 Å². The molecule has 1 aliphatic rings. The molecule has 2 aromatic carbocycles. The van der Waals surface area contributed by atoms with Gasteiger partial charge in [-0.2, -0.15) is 0 Å². The number of nitrogens with one attached hydrogen (secondary N) is 1. The number of amides is 1. The van der Waals surface area contributed by atoms with Gasteiger partial charge in [0.2, 0.25) is 0 Å². The summed E-state index contributed by atoms with van der Waals surface area (Å²) in [5.41, 5.74) is 1.63. The van der Waals surface area contributed by atoms with Crippen molar-refractivity contribution in [3.05, 3.63) is 48.0 Å². The van der Waals surface area contributed by atoms with E-state index in [4.69, 9.17) is 4.98 Å². The molecule has 0 bridgehead atoms. The van der Waals surface area contributed by atoms with Gasteiger partial charge in [-0.3, -0.25) is 4.79 Å². The summed E-state index contributed by atoms with van der Waals surface area (Å²) in [6.45, 7) is 3.92. The maximum absolute atomic E-state index is 12.7. The van der Waals surface area contributed by atoms with Crippen molar-refractivity contribution in [1.82, 2.24) is 9.88 Å². The van der Waals surface area contributed by atoms with E-state index < -0.39 is 15.7 Å². The van der Waals surface area contributed by atoms with Gasteiger partial charge in [-0.05, 0) is 37.4 Å². The maximum atomic E-state index is 12.7. The predicted octanol–water partition coefficient (Wildman–Crippen LogP) is 2.70. The van der Waals surface area contributed by atoms with Crippen LogP contribution in [-0.4, -0.2) is 63.7 Å². The summed E-state index contributed by atoms with van der Waals surface area (Å²) in [6.07, 6.45) is 1.10. The Morgan fingerprint density at radius 2 is 1.83 bits per heavy atom. The molecule has 29 heavy (non-hydrogen) atoms. The summed E-state index contributed by atoms with van der Waals surface area (Å²) < 4.78 is 24.9. The van der Waals surface area contributed by atoms with Gasteiger partial charge in [-0.25, -0.2) is 13.4 Å². The fraction of sp³-hybridized carbons (Fsp3) is 0.300. The molecule has 1 N–H and O–H groups in total. The summed E-state index contributed by atoms with van der Waals surface area (Å²) in [5, 5.41) is 3.80. The summed E-state index contributed by atoms with van der Waals surface area (Å²) in [4.78, 5) is 22.0. The van der Waals surface area contributed by atoms with Gasteiger partial charge in [0.25, 0.3) is 5.91 Å². The highest BCUT2D eigenvalue weighted by Crippen LogP contribution is 2.31. The fourth-order valence-corrected chi connectivity index (χ4v) is 5.24. The van der Waals surface area contributed by atoms with Crippen LogP contribution in [0.4, 0.5) is 10.8 Å². The van der Waals surface area contributed by atoms with Gasteiger partial charge in [0.05, 0.1) is 20.7 Å². The lowest BCUT2D eigenvalue weighted by molar-refractivity contribution is 0.102. The second-order valence-corrected chi connectivity index (χ2v) is 10.2. The molecule has 1 saturated heterocycles. The highest BCUT2D eigenvalue weighted by molar-refractivity contribution is 7.90. The number of hydrogen-bond donors (Lipinski definition) is 1. The van der Waals surface area contributed by atoms with E-state index in [9.17, 15) is 13.2 Å². The molecule has 0 aliphatic carbocycles. The molecule has 1 amide bonds. The van der Waals surface area contributed by atoms with Crippen molar-refractivity contribution in [2.24, 2.45) is 0 Å². The molecule has 1 aliphatic heterocycles. The van der Waals surface area contributed by atoms with Crippen molar-refractivity contribution in [1.29, 1.82) is 0 Å². The number of aromatic nitrogens is 1. The number of sulfone groups is 1. The van der Waals surface area contributed by atoms with Crippen molar-refractivity contribution in [2.75, 3.05) is 49.7 Å². The van der Waals surface area contributed by atoms with Crippen molar-refractivity contribution in [3.8, 4) is 0 Å². The van der Waals surface area contributed by atoms with E-state index in [0.717, 1.165) is 47.8 Å². The fourth-order valence-electron chi connectivity index (χ4n) is 3.30. The zero-order chi connectivity index (χ0) is 20.6. The Morgan fingerprint density at radius 3 is 2.55 bits per heavy atom. The number of piperazine rings is 1. The molecule has 1 fully saturated rings. The number of carbonyl (C=O) groups excluding carboxylic acids is 1. The zero-order valence-electron chi connectivity index (χ0n) is 16.3. The zero-order valence-corrected chi connectivity index (χ0v) is 17.9. The Kier molecular flexibility index (Phi) is 5.28. The standard InChI is InChI=1S/C20H22N4O3S2/c1-23-9-11-24(12-10-23)20-22-16-8-7-14(13-17(16)28-20)21-19(25)15-5-3-4-6-18(15)29(2,26)27/h3-8,13H,9-12H2,1-2H3,(H,21,25). The largest absolute Gasteiger partial charge is 0.345 e. The molecule has 152 valence electrons. The summed E-state index contributed by atoms with van der Waals surface area (Å²) >= 11 is 1.60. The predicted molar refractivity (Wildman–Crippen MR) is 117 cm³/mol. The van der Waals surface area contributed by atoms with E-state index in [1.165, 1.54) is 12.1 Å². The Labute approximate surface area is 173 Å². The quantitative estimate of drug-likeness (QED) is 0.685. The van der Waals surface area contributed by atoms with Crippen molar-refractivity contribution < 1.29 is 13.2 Å². The van der Waals surface area contributed by atoms with Gasteiger partial charge in [-0.15, -0.1) is 0 Å². The number of likely N-dealkylation sites (N-methyl/N-ethyl adjacent to an activating group) is 1. The summed E-state index contributed by atoms with van der Waals surface area (Å²) in [5.74, 6) is -0.450.